The van der Waals surface area contributed by atoms with Crippen LogP contribution >= 0.6 is 23.2 Å². The van der Waals surface area contributed by atoms with Crippen molar-refractivity contribution in [2.24, 2.45) is 10.3 Å². The number of hydrogen-bond donors (Lipinski definition) is 2. The van der Waals surface area contributed by atoms with Crippen molar-refractivity contribution in [2.75, 3.05) is 0 Å². The van der Waals surface area contributed by atoms with Gasteiger partial charge in [-0.15, -0.1) is 0 Å². The predicted molar refractivity (Wildman–Crippen MR) is 151 cm³/mol. The molecule has 0 saturated carbocycles. The molecule has 0 aliphatic rings. The molecule has 0 aliphatic heterocycles. The van der Waals surface area contributed by atoms with Crippen molar-refractivity contribution >= 4 is 46.6 Å². The summed E-state index contributed by atoms with van der Waals surface area (Å²) < 4.78 is 4.84. The highest BCUT2D eigenvalue weighted by Crippen LogP contribution is 2.21. The number of halogens is 2. The highest BCUT2D eigenvalue weighted by Gasteiger charge is 2.17. The van der Waals surface area contributed by atoms with Crippen LogP contribution in [0.3, 0.4) is 0 Å². The summed E-state index contributed by atoms with van der Waals surface area (Å²) in [6, 6.07) is 14.1. The number of esters is 2. The summed E-state index contributed by atoms with van der Waals surface area (Å²) in [6.45, 7) is 0. The zero-order chi connectivity index (χ0) is 29.2. The number of carbonyl (C=O) groups excluding carboxylic acids is 2. The Hall–Kier alpha value is -4.74. The number of aromatic nitrogens is 4. The Balaban J connectivity index is 1.25. The van der Waals surface area contributed by atoms with E-state index in [1.807, 2.05) is 12.1 Å². The van der Waals surface area contributed by atoms with Gasteiger partial charge in [-0.25, -0.2) is 19.9 Å². The molecule has 0 spiro atoms. The van der Waals surface area contributed by atoms with E-state index in [1.165, 1.54) is 12.4 Å². The van der Waals surface area contributed by atoms with Crippen LogP contribution in [0.25, 0.3) is 22.5 Å². The molecular weight excluding hydrogens is 571 g/mol. The Labute approximate surface area is 244 Å². The van der Waals surface area contributed by atoms with Crippen LogP contribution < -0.4 is 0 Å². The van der Waals surface area contributed by atoms with Crippen molar-refractivity contribution in [1.82, 2.24) is 19.9 Å². The largest absolute Gasteiger partial charge is 0.411 e. The fourth-order valence-corrected chi connectivity index (χ4v) is 3.87. The molecule has 13 heteroatoms. The summed E-state index contributed by atoms with van der Waals surface area (Å²) in [5.74, 6) is -1.08. The molecule has 2 aromatic heterocycles. The van der Waals surface area contributed by atoms with E-state index in [2.05, 4.69) is 30.2 Å². The molecule has 0 unspecified atom stereocenters. The van der Waals surface area contributed by atoms with Crippen molar-refractivity contribution in [1.29, 1.82) is 0 Å². The van der Waals surface area contributed by atoms with Crippen LogP contribution in [0.15, 0.2) is 83.6 Å². The first-order valence-corrected chi connectivity index (χ1v) is 12.9. The van der Waals surface area contributed by atoms with Crippen LogP contribution in [-0.4, -0.2) is 53.7 Å². The topological polar surface area (TPSA) is 160 Å². The smallest absolute Gasteiger partial charge is 0.313 e. The summed E-state index contributed by atoms with van der Waals surface area (Å²) in [6.07, 6.45) is 5.44. The lowest BCUT2D eigenvalue weighted by Gasteiger charge is -2.07. The second-order valence-electron chi connectivity index (χ2n) is 8.54. The van der Waals surface area contributed by atoms with Crippen LogP contribution in [-0.2, 0) is 14.3 Å². The maximum atomic E-state index is 12.2. The minimum absolute atomic E-state index is 0.0244. The lowest BCUT2D eigenvalue weighted by atomic mass is 10.1. The molecule has 0 amide bonds. The number of nitrogens with zero attached hydrogens (tertiary/aromatic N) is 6. The molecule has 41 heavy (non-hydrogen) atoms. The van der Waals surface area contributed by atoms with Crippen LogP contribution in [0.4, 0.5) is 0 Å². The van der Waals surface area contributed by atoms with E-state index in [-0.39, 0.29) is 42.9 Å². The molecule has 0 atom stereocenters. The maximum absolute atomic E-state index is 12.2. The number of carbonyl (C=O) groups is 2. The van der Waals surface area contributed by atoms with Gasteiger partial charge in [0.05, 0.1) is 18.6 Å². The van der Waals surface area contributed by atoms with Gasteiger partial charge in [-0.1, -0.05) is 45.6 Å². The standard InChI is InChI=1S/C28H22Cl2N6O5/c29-21-5-1-17(2-6-21)19-13-33-28(34-14-19)24(36-40)10-12-26(38)41-25(37)11-9-23(35-39)20-15-31-27(32-16-20)18-3-7-22(30)8-4-18/h1-8,13-16,39-40H,9-12H2. The highest BCUT2D eigenvalue weighted by molar-refractivity contribution is 6.30. The lowest BCUT2D eigenvalue weighted by Crippen LogP contribution is -2.16. The number of hydrogen-bond acceptors (Lipinski definition) is 11. The molecule has 0 saturated heterocycles. The molecule has 0 fully saturated rings. The quantitative estimate of drug-likeness (QED) is 0.0785. The predicted octanol–water partition coefficient (Wildman–Crippen LogP) is 5.59. The minimum atomic E-state index is -0.827. The zero-order valence-corrected chi connectivity index (χ0v) is 22.8. The number of benzene rings is 2. The third-order valence-electron chi connectivity index (χ3n) is 5.78. The van der Waals surface area contributed by atoms with Crippen LogP contribution in [0, 0.1) is 0 Å². The van der Waals surface area contributed by atoms with Gasteiger partial charge < -0.3 is 15.2 Å². The van der Waals surface area contributed by atoms with Crippen LogP contribution in [0.1, 0.15) is 37.1 Å². The van der Waals surface area contributed by atoms with Gasteiger partial charge in [0, 0.05) is 64.4 Å². The Morgan fingerprint density at radius 1 is 0.634 bits per heavy atom. The third-order valence-corrected chi connectivity index (χ3v) is 6.28. The van der Waals surface area contributed by atoms with E-state index in [0.717, 1.165) is 16.7 Å². The van der Waals surface area contributed by atoms with Crippen molar-refractivity contribution in [2.45, 2.75) is 25.7 Å². The van der Waals surface area contributed by atoms with Gasteiger partial charge in [-0.2, -0.15) is 0 Å². The van der Waals surface area contributed by atoms with Gasteiger partial charge in [-0.3, -0.25) is 9.59 Å². The molecule has 4 rings (SSSR count). The van der Waals surface area contributed by atoms with Gasteiger partial charge in [0.15, 0.2) is 11.6 Å². The first-order chi connectivity index (χ1) is 19.9. The number of rotatable bonds is 10. The van der Waals surface area contributed by atoms with Gasteiger partial charge in [0.25, 0.3) is 0 Å². The Bertz CT molecular complexity index is 1440. The second kappa shape index (κ2) is 14.1. The summed E-state index contributed by atoms with van der Waals surface area (Å²) in [5, 5.41) is 26.4. The fourth-order valence-electron chi connectivity index (χ4n) is 3.62. The zero-order valence-electron chi connectivity index (χ0n) is 21.3. The fraction of sp³-hybridized carbons (Fsp3) is 0.143. The molecular formula is C28H22Cl2N6O5. The van der Waals surface area contributed by atoms with Crippen molar-refractivity contribution < 1.29 is 24.7 Å². The Morgan fingerprint density at radius 2 is 1.12 bits per heavy atom. The van der Waals surface area contributed by atoms with Gasteiger partial charge in [0.1, 0.15) is 5.71 Å². The number of ether oxygens (including phenoxy) is 1. The summed E-state index contributed by atoms with van der Waals surface area (Å²) in [4.78, 5) is 41.3. The summed E-state index contributed by atoms with van der Waals surface area (Å²) in [5.41, 5.74) is 2.92. The van der Waals surface area contributed by atoms with Crippen molar-refractivity contribution in [3.63, 3.8) is 0 Å². The Morgan fingerprint density at radius 3 is 1.63 bits per heavy atom. The first kappa shape index (κ1) is 29.2. The van der Waals surface area contributed by atoms with E-state index in [0.29, 0.717) is 21.4 Å². The van der Waals surface area contributed by atoms with E-state index in [9.17, 15) is 20.0 Å². The monoisotopic (exact) mass is 592 g/mol. The van der Waals surface area contributed by atoms with Crippen LogP contribution in [0.5, 0.6) is 0 Å². The van der Waals surface area contributed by atoms with Crippen molar-refractivity contribution in [3.8, 4) is 22.5 Å². The average Bonchev–Trinajstić information content (AvgIpc) is 2.99. The molecule has 208 valence electrons. The SMILES string of the molecule is O=C(CCC(=NO)c1cnc(-c2ccc(Cl)cc2)nc1)OC(=O)CCC(=NO)c1ncc(-c2ccc(Cl)cc2)cn1. The second-order valence-corrected chi connectivity index (χ2v) is 9.42. The molecule has 4 aromatic rings. The van der Waals surface area contributed by atoms with Crippen LogP contribution in [0.2, 0.25) is 10.0 Å². The summed E-state index contributed by atoms with van der Waals surface area (Å²) in [7, 11) is 0. The van der Waals surface area contributed by atoms with Crippen molar-refractivity contribution in [3.05, 3.63) is 94.8 Å². The summed E-state index contributed by atoms with van der Waals surface area (Å²) >= 11 is 11.8. The van der Waals surface area contributed by atoms with Gasteiger partial charge in [-0.05, 0) is 42.0 Å². The van der Waals surface area contributed by atoms with E-state index >= 15 is 0 Å². The van der Waals surface area contributed by atoms with E-state index in [1.54, 1.807) is 48.8 Å². The average molecular weight is 593 g/mol. The van der Waals surface area contributed by atoms with E-state index < -0.39 is 11.9 Å². The first-order valence-electron chi connectivity index (χ1n) is 12.2. The minimum Gasteiger partial charge on any atom is -0.411 e. The molecule has 0 bridgehead atoms. The highest BCUT2D eigenvalue weighted by atomic mass is 35.5. The number of oxime groups is 2. The van der Waals surface area contributed by atoms with E-state index in [4.69, 9.17) is 27.9 Å². The normalized spacial score (nSPS) is 11.8. The molecule has 2 N–H and O–H groups in total. The third kappa shape index (κ3) is 8.13. The Kier molecular flexibility index (Phi) is 10.0. The lowest BCUT2D eigenvalue weighted by molar-refractivity contribution is -0.159. The molecule has 2 heterocycles. The molecule has 11 nitrogen and oxygen atoms in total. The molecule has 0 aliphatic carbocycles. The molecule has 0 radical (unpaired) electrons. The molecule has 2 aromatic carbocycles. The maximum Gasteiger partial charge on any atom is 0.313 e. The van der Waals surface area contributed by atoms with Gasteiger partial charge >= 0.3 is 11.9 Å². The van der Waals surface area contributed by atoms with Gasteiger partial charge in [0.2, 0.25) is 0 Å².